The van der Waals surface area contributed by atoms with Gasteiger partial charge in [-0.15, -0.1) is 0 Å². The van der Waals surface area contributed by atoms with Crippen LogP contribution in [0.1, 0.15) is 5.56 Å². The van der Waals surface area contributed by atoms with Crippen molar-refractivity contribution in [3.63, 3.8) is 0 Å². The molecule has 3 aromatic carbocycles. The molecular formula is C23H18N4O4S. The number of carbonyl (C=O) groups excluding carboxylic acids is 1. The van der Waals surface area contributed by atoms with Crippen molar-refractivity contribution in [1.29, 1.82) is 0 Å². The molecule has 0 aliphatic heterocycles. The molecule has 4 aromatic rings. The molecule has 1 aromatic heterocycles. The lowest BCUT2D eigenvalue weighted by Crippen LogP contribution is -2.23. The van der Waals surface area contributed by atoms with Crippen LogP contribution >= 0.6 is 11.8 Å². The Bertz CT molecular complexity index is 1390. The molecule has 160 valence electrons. The second-order valence-electron chi connectivity index (χ2n) is 6.98. The van der Waals surface area contributed by atoms with Crippen molar-refractivity contribution in [1.82, 2.24) is 9.55 Å². The van der Waals surface area contributed by atoms with Gasteiger partial charge in [-0.1, -0.05) is 42.1 Å². The number of para-hydroxylation sites is 2. The monoisotopic (exact) mass is 446 g/mol. The van der Waals surface area contributed by atoms with Crippen LogP contribution in [0.2, 0.25) is 0 Å². The van der Waals surface area contributed by atoms with E-state index in [0.29, 0.717) is 33.0 Å². The van der Waals surface area contributed by atoms with Crippen LogP contribution in [0.5, 0.6) is 0 Å². The molecule has 0 unspecified atom stereocenters. The van der Waals surface area contributed by atoms with Gasteiger partial charge in [-0.2, -0.15) is 0 Å². The summed E-state index contributed by atoms with van der Waals surface area (Å²) in [5.41, 5.74) is 2.04. The van der Waals surface area contributed by atoms with Gasteiger partial charge in [0.15, 0.2) is 5.16 Å². The van der Waals surface area contributed by atoms with E-state index in [0.717, 1.165) is 11.8 Å². The highest BCUT2D eigenvalue weighted by molar-refractivity contribution is 7.99. The van der Waals surface area contributed by atoms with Crippen molar-refractivity contribution >= 4 is 39.9 Å². The summed E-state index contributed by atoms with van der Waals surface area (Å²) in [5.74, 6) is -0.303. The first-order valence-corrected chi connectivity index (χ1v) is 10.7. The van der Waals surface area contributed by atoms with Crippen molar-refractivity contribution in [3.8, 4) is 5.69 Å². The Balaban J connectivity index is 1.61. The number of non-ortho nitro benzene ring substituents is 1. The van der Waals surface area contributed by atoms with Gasteiger partial charge in [-0.3, -0.25) is 24.3 Å². The molecular weight excluding hydrogens is 428 g/mol. The number of amides is 1. The van der Waals surface area contributed by atoms with E-state index in [2.05, 4.69) is 10.3 Å². The summed E-state index contributed by atoms with van der Waals surface area (Å²) in [6.07, 6.45) is 0. The molecule has 0 bridgehead atoms. The van der Waals surface area contributed by atoms with Gasteiger partial charge >= 0.3 is 0 Å². The first-order valence-electron chi connectivity index (χ1n) is 9.69. The van der Waals surface area contributed by atoms with Crippen molar-refractivity contribution in [2.24, 2.45) is 0 Å². The fourth-order valence-electron chi connectivity index (χ4n) is 3.23. The smallest absolute Gasteiger partial charge is 0.269 e. The lowest BCUT2D eigenvalue weighted by molar-refractivity contribution is -0.384. The van der Waals surface area contributed by atoms with E-state index >= 15 is 0 Å². The van der Waals surface area contributed by atoms with E-state index < -0.39 is 4.92 Å². The van der Waals surface area contributed by atoms with Gasteiger partial charge in [0.25, 0.3) is 11.2 Å². The molecule has 1 amide bonds. The van der Waals surface area contributed by atoms with Crippen LogP contribution in [0.15, 0.2) is 82.7 Å². The highest BCUT2D eigenvalue weighted by atomic mass is 32.2. The molecule has 32 heavy (non-hydrogen) atoms. The first kappa shape index (κ1) is 21.3. The summed E-state index contributed by atoms with van der Waals surface area (Å²) < 4.78 is 1.50. The Morgan fingerprint density at radius 2 is 1.81 bits per heavy atom. The van der Waals surface area contributed by atoms with E-state index in [1.165, 1.54) is 22.8 Å². The van der Waals surface area contributed by atoms with E-state index in [-0.39, 0.29) is 22.9 Å². The summed E-state index contributed by atoms with van der Waals surface area (Å²) in [4.78, 5) is 40.8. The van der Waals surface area contributed by atoms with Crippen LogP contribution < -0.4 is 10.9 Å². The molecule has 0 radical (unpaired) electrons. The van der Waals surface area contributed by atoms with E-state index in [4.69, 9.17) is 0 Å². The maximum atomic E-state index is 13.2. The number of nitro groups is 1. The van der Waals surface area contributed by atoms with Crippen LogP contribution in [-0.2, 0) is 4.79 Å². The van der Waals surface area contributed by atoms with E-state index in [9.17, 15) is 19.7 Å². The standard InChI is InChI=1S/C23H18N4O4S/c1-15-13-17(27(30)31)11-12-19(15)24-21(28)14-32-23-25-20-10-6-5-9-18(20)22(29)26(23)16-7-3-2-4-8-16/h2-13H,14H2,1H3,(H,24,28). The number of aromatic nitrogens is 2. The van der Waals surface area contributed by atoms with Gasteiger partial charge in [0, 0.05) is 17.8 Å². The fraction of sp³-hybridized carbons (Fsp3) is 0.0870. The lowest BCUT2D eigenvalue weighted by atomic mass is 10.2. The quantitative estimate of drug-likeness (QED) is 0.204. The van der Waals surface area contributed by atoms with Crippen LogP contribution in [0.25, 0.3) is 16.6 Å². The molecule has 0 fully saturated rings. The van der Waals surface area contributed by atoms with Crippen molar-refractivity contribution < 1.29 is 9.72 Å². The van der Waals surface area contributed by atoms with Gasteiger partial charge < -0.3 is 5.32 Å². The zero-order valence-corrected chi connectivity index (χ0v) is 17.8. The van der Waals surface area contributed by atoms with Crippen LogP contribution in [0.3, 0.4) is 0 Å². The number of thioether (sulfide) groups is 1. The molecule has 0 saturated carbocycles. The molecule has 1 heterocycles. The molecule has 0 atom stereocenters. The summed E-state index contributed by atoms with van der Waals surface area (Å²) >= 11 is 1.14. The average molecular weight is 446 g/mol. The fourth-order valence-corrected chi connectivity index (χ4v) is 4.04. The third-order valence-electron chi connectivity index (χ3n) is 4.79. The predicted octanol–water partition coefficient (Wildman–Crippen LogP) is 4.33. The zero-order valence-electron chi connectivity index (χ0n) is 17.0. The Hall–Kier alpha value is -3.98. The van der Waals surface area contributed by atoms with Crippen molar-refractivity contribution in [2.45, 2.75) is 12.1 Å². The summed E-state index contributed by atoms with van der Waals surface area (Å²) in [6.45, 7) is 1.69. The van der Waals surface area contributed by atoms with Gasteiger partial charge in [-0.25, -0.2) is 4.98 Å². The van der Waals surface area contributed by atoms with Crippen LogP contribution in [-0.4, -0.2) is 26.1 Å². The number of nitro benzene ring substituents is 1. The summed E-state index contributed by atoms with van der Waals surface area (Å²) in [7, 11) is 0. The second kappa shape index (κ2) is 9.03. The van der Waals surface area contributed by atoms with E-state index in [1.807, 2.05) is 30.3 Å². The molecule has 0 aliphatic carbocycles. The molecule has 0 spiro atoms. The minimum absolute atomic E-state index is 0.00798. The first-order chi connectivity index (χ1) is 15.4. The van der Waals surface area contributed by atoms with Crippen LogP contribution in [0, 0.1) is 17.0 Å². The molecule has 8 nitrogen and oxygen atoms in total. The van der Waals surface area contributed by atoms with Crippen molar-refractivity contribution in [3.05, 3.63) is 98.8 Å². The minimum Gasteiger partial charge on any atom is -0.325 e. The number of carbonyl (C=O) groups is 1. The number of aryl methyl sites for hydroxylation is 1. The van der Waals surface area contributed by atoms with Gasteiger partial charge in [0.1, 0.15) is 0 Å². The summed E-state index contributed by atoms with van der Waals surface area (Å²) in [5, 5.41) is 14.5. The number of fused-ring (bicyclic) bond motifs is 1. The second-order valence-corrected chi connectivity index (χ2v) is 7.92. The average Bonchev–Trinajstić information content (AvgIpc) is 2.79. The van der Waals surface area contributed by atoms with Gasteiger partial charge in [0.2, 0.25) is 5.91 Å². The number of nitrogens with zero attached hydrogens (tertiary/aromatic N) is 3. The Kier molecular flexibility index (Phi) is 6.00. The number of hydrogen-bond acceptors (Lipinski definition) is 6. The molecule has 1 N–H and O–H groups in total. The SMILES string of the molecule is Cc1cc([N+](=O)[O-])ccc1NC(=O)CSc1nc2ccccc2c(=O)n1-c1ccccc1. The number of hydrogen-bond donors (Lipinski definition) is 1. The number of anilines is 1. The normalized spacial score (nSPS) is 10.8. The molecule has 9 heteroatoms. The zero-order chi connectivity index (χ0) is 22.7. The molecule has 0 saturated heterocycles. The van der Waals surface area contributed by atoms with Gasteiger partial charge in [-0.05, 0) is 42.8 Å². The Morgan fingerprint density at radius 3 is 2.53 bits per heavy atom. The summed E-state index contributed by atoms with van der Waals surface area (Å²) in [6, 6.07) is 20.5. The third-order valence-corrected chi connectivity index (χ3v) is 5.73. The molecule has 0 aliphatic rings. The maximum Gasteiger partial charge on any atom is 0.269 e. The van der Waals surface area contributed by atoms with Crippen molar-refractivity contribution in [2.75, 3.05) is 11.1 Å². The largest absolute Gasteiger partial charge is 0.325 e. The number of nitrogens with one attached hydrogen (secondary N) is 1. The Labute approximate surface area is 187 Å². The van der Waals surface area contributed by atoms with Crippen LogP contribution in [0.4, 0.5) is 11.4 Å². The topological polar surface area (TPSA) is 107 Å². The molecule has 4 rings (SSSR count). The highest BCUT2D eigenvalue weighted by Gasteiger charge is 2.15. The lowest BCUT2D eigenvalue weighted by Gasteiger charge is -2.13. The predicted molar refractivity (Wildman–Crippen MR) is 125 cm³/mol. The third kappa shape index (κ3) is 4.37. The number of rotatable bonds is 6. The van der Waals surface area contributed by atoms with Gasteiger partial charge in [0.05, 0.1) is 27.3 Å². The minimum atomic E-state index is -0.483. The highest BCUT2D eigenvalue weighted by Crippen LogP contribution is 2.24. The number of benzene rings is 3. The maximum absolute atomic E-state index is 13.2. The van der Waals surface area contributed by atoms with E-state index in [1.54, 1.807) is 31.2 Å². The Morgan fingerprint density at radius 1 is 1.09 bits per heavy atom.